The Hall–Kier alpha value is -3.43. The Morgan fingerprint density at radius 3 is 2.86 bits per heavy atom. The van der Waals surface area contributed by atoms with Crippen molar-refractivity contribution >= 4 is 5.97 Å². The fourth-order valence-corrected chi connectivity index (χ4v) is 4.31. The van der Waals surface area contributed by atoms with Gasteiger partial charge in [-0.05, 0) is 60.9 Å². The molecule has 1 unspecified atom stereocenters. The molecule has 1 fully saturated rings. The normalized spacial score (nSPS) is 15.9. The first-order valence-electron chi connectivity index (χ1n) is 9.80. The summed E-state index contributed by atoms with van der Waals surface area (Å²) in [6.07, 6.45) is 5.34. The van der Waals surface area contributed by atoms with Gasteiger partial charge in [0.2, 0.25) is 0 Å². The van der Waals surface area contributed by atoms with E-state index in [1.165, 1.54) is 0 Å². The monoisotopic (exact) mass is 384 g/mol. The van der Waals surface area contributed by atoms with Crippen molar-refractivity contribution in [3.8, 4) is 28.6 Å². The summed E-state index contributed by atoms with van der Waals surface area (Å²) in [5, 5.41) is 19.1. The van der Waals surface area contributed by atoms with E-state index in [-0.39, 0.29) is 6.04 Å². The Balaban J connectivity index is 1.66. The standard InChI is InChI=1S/C23H20N4O2/c24-10-12-2-1-3-14(8-12)18-9-17-15(11-26-18)6-7-16-19(23(28)29)22(27-21(16)17)20(25)13-4-5-13/h1-3,8-9,11,13,20,27H,4-7,25H2,(H,28,29). The molecule has 144 valence electrons. The summed E-state index contributed by atoms with van der Waals surface area (Å²) in [5.41, 5.74) is 13.3. The largest absolute Gasteiger partial charge is 0.478 e. The molecule has 1 atom stereocenters. The molecule has 2 aromatic heterocycles. The predicted octanol–water partition coefficient (Wildman–Crippen LogP) is 3.82. The molecule has 0 aliphatic heterocycles. The lowest BCUT2D eigenvalue weighted by molar-refractivity contribution is 0.0694. The number of carboxylic acids is 1. The van der Waals surface area contributed by atoms with Crippen molar-refractivity contribution in [2.45, 2.75) is 31.7 Å². The van der Waals surface area contributed by atoms with Gasteiger partial charge in [0.15, 0.2) is 0 Å². The van der Waals surface area contributed by atoms with E-state index >= 15 is 0 Å². The highest BCUT2D eigenvalue weighted by molar-refractivity contribution is 5.95. The average molecular weight is 384 g/mol. The molecule has 6 nitrogen and oxygen atoms in total. The summed E-state index contributed by atoms with van der Waals surface area (Å²) in [6, 6.07) is 11.2. The lowest BCUT2D eigenvalue weighted by atomic mass is 9.88. The number of carboxylic acid groups (broad SMARTS) is 1. The average Bonchev–Trinajstić information content (AvgIpc) is 3.51. The number of H-pyrrole nitrogens is 1. The van der Waals surface area contributed by atoms with Gasteiger partial charge in [0.05, 0.1) is 28.6 Å². The predicted molar refractivity (Wildman–Crippen MR) is 108 cm³/mol. The Kier molecular flexibility index (Phi) is 4.00. The zero-order valence-corrected chi connectivity index (χ0v) is 15.8. The molecule has 1 saturated carbocycles. The maximum absolute atomic E-state index is 12.1. The second-order valence-corrected chi connectivity index (χ2v) is 7.85. The van der Waals surface area contributed by atoms with E-state index in [9.17, 15) is 15.2 Å². The Morgan fingerprint density at radius 1 is 1.31 bits per heavy atom. The molecule has 0 saturated heterocycles. The SMILES string of the molecule is N#Cc1cccc(-c2cc3c(cn2)CCc2c-3[nH]c(C(N)C3CC3)c2C(=O)O)c1. The van der Waals surface area contributed by atoms with Gasteiger partial charge in [-0.25, -0.2) is 4.79 Å². The van der Waals surface area contributed by atoms with E-state index in [2.05, 4.69) is 16.0 Å². The van der Waals surface area contributed by atoms with Crippen molar-refractivity contribution in [3.05, 3.63) is 64.5 Å². The van der Waals surface area contributed by atoms with Crippen LogP contribution in [0.3, 0.4) is 0 Å². The first kappa shape index (κ1) is 17.7. The number of hydrogen-bond acceptors (Lipinski definition) is 4. The maximum atomic E-state index is 12.1. The number of pyridine rings is 1. The molecule has 2 aliphatic carbocycles. The summed E-state index contributed by atoms with van der Waals surface area (Å²) in [6.45, 7) is 0. The van der Waals surface area contributed by atoms with Crippen molar-refractivity contribution in [1.82, 2.24) is 9.97 Å². The van der Waals surface area contributed by atoms with Crippen LogP contribution in [0.25, 0.3) is 22.5 Å². The second kappa shape index (κ2) is 6.57. The van der Waals surface area contributed by atoms with E-state index in [0.717, 1.165) is 52.9 Å². The van der Waals surface area contributed by atoms with Crippen LogP contribution >= 0.6 is 0 Å². The van der Waals surface area contributed by atoms with Gasteiger partial charge in [-0.3, -0.25) is 4.98 Å². The molecule has 2 aliphatic rings. The second-order valence-electron chi connectivity index (χ2n) is 7.85. The molecule has 5 rings (SSSR count). The first-order chi connectivity index (χ1) is 14.1. The number of hydrogen-bond donors (Lipinski definition) is 3. The number of rotatable bonds is 4. The van der Waals surface area contributed by atoms with E-state index in [1.54, 1.807) is 6.07 Å². The van der Waals surface area contributed by atoms with E-state index < -0.39 is 5.97 Å². The van der Waals surface area contributed by atoms with Gasteiger partial charge in [-0.1, -0.05) is 12.1 Å². The number of aromatic amines is 1. The third-order valence-electron chi connectivity index (χ3n) is 6.00. The van der Waals surface area contributed by atoms with Crippen LogP contribution < -0.4 is 5.73 Å². The smallest absolute Gasteiger partial charge is 0.337 e. The minimum absolute atomic E-state index is 0.274. The van der Waals surface area contributed by atoms with Crippen molar-refractivity contribution in [2.24, 2.45) is 11.7 Å². The quantitative estimate of drug-likeness (QED) is 0.632. The van der Waals surface area contributed by atoms with Crippen LogP contribution in [0.2, 0.25) is 0 Å². The van der Waals surface area contributed by atoms with Gasteiger partial charge in [0.1, 0.15) is 0 Å². The van der Waals surface area contributed by atoms with Crippen LogP contribution in [0.5, 0.6) is 0 Å². The summed E-state index contributed by atoms with van der Waals surface area (Å²) in [7, 11) is 0. The third kappa shape index (κ3) is 2.91. The van der Waals surface area contributed by atoms with Gasteiger partial charge in [0.25, 0.3) is 0 Å². The molecular weight excluding hydrogens is 364 g/mol. The Labute approximate surface area is 168 Å². The number of aromatic carboxylic acids is 1. The van der Waals surface area contributed by atoms with Crippen molar-refractivity contribution in [1.29, 1.82) is 5.26 Å². The molecule has 3 aromatic rings. The topological polar surface area (TPSA) is 116 Å². The Bertz CT molecular complexity index is 1180. The van der Waals surface area contributed by atoms with E-state index in [0.29, 0.717) is 29.2 Å². The number of benzene rings is 1. The number of aromatic nitrogens is 2. The molecule has 2 heterocycles. The zero-order valence-electron chi connectivity index (χ0n) is 15.8. The molecular formula is C23H20N4O2. The molecule has 0 spiro atoms. The number of aryl methyl sites for hydroxylation is 1. The third-order valence-corrected chi connectivity index (χ3v) is 6.00. The molecule has 29 heavy (non-hydrogen) atoms. The van der Waals surface area contributed by atoms with Crippen molar-refractivity contribution in [2.75, 3.05) is 0 Å². The fraction of sp³-hybridized carbons (Fsp3) is 0.261. The molecule has 1 aromatic carbocycles. The maximum Gasteiger partial charge on any atom is 0.337 e. The van der Waals surface area contributed by atoms with Gasteiger partial charge >= 0.3 is 5.97 Å². The number of nitrogens with one attached hydrogen (secondary N) is 1. The van der Waals surface area contributed by atoms with E-state index in [1.807, 2.05) is 30.5 Å². The highest BCUT2D eigenvalue weighted by Crippen LogP contribution is 2.44. The number of fused-ring (bicyclic) bond motifs is 3. The number of nitrogens with zero attached hydrogens (tertiary/aromatic N) is 2. The highest BCUT2D eigenvalue weighted by atomic mass is 16.4. The summed E-state index contributed by atoms with van der Waals surface area (Å²) in [4.78, 5) is 20.0. The lowest BCUT2D eigenvalue weighted by Gasteiger charge is -2.17. The summed E-state index contributed by atoms with van der Waals surface area (Å²) >= 11 is 0. The number of nitrogens with two attached hydrogens (primary N) is 1. The fourth-order valence-electron chi connectivity index (χ4n) is 4.31. The minimum atomic E-state index is -0.923. The zero-order chi connectivity index (χ0) is 20.1. The molecule has 0 radical (unpaired) electrons. The number of nitriles is 1. The van der Waals surface area contributed by atoms with Gasteiger partial charge in [-0.2, -0.15) is 5.26 Å². The van der Waals surface area contributed by atoms with Crippen LogP contribution in [0.4, 0.5) is 0 Å². The lowest BCUT2D eigenvalue weighted by Crippen LogP contribution is -2.17. The highest BCUT2D eigenvalue weighted by Gasteiger charge is 2.36. The molecule has 0 bridgehead atoms. The molecule has 6 heteroatoms. The van der Waals surface area contributed by atoms with Crippen LogP contribution in [0.15, 0.2) is 36.5 Å². The Morgan fingerprint density at radius 2 is 2.14 bits per heavy atom. The van der Waals surface area contributed by atoms with Crippen molar-refractivity contribution < 1.29 is 9.90 Å². The van der Waals surface area contributed by atoms with Crippen LogP contribution in [0.1, 0.15) is 51.6 Å². The van der Waals surface area contributed by atoms with Crippen LogP contribution in [-0.4, -0.2) is 21.0 Å². The molecule has 4 N–H and O–H groups in total. The minimum Gasteiger partial charge on any atom is -0.478 e. The van der Waals surface area contributed by atoms with Crippen LogP contribution in [-0.2, 0) is 12.8 Å². The van der Waals surface area contributed by atoms with Gasteiger partial charge in [-0.15, -0.1) is 0 Å². The van der Waals surface area contributed by atoms with Crippen LogP contribution in [0, 0.1) is 17.2 Å². The van der Waals surface area contributed by atoms with Gasteiger partial charge in [0, 0.05) is 29.1 Å². The molecule has 0 amide bonds. The summed E-state index contributed by atoms with van der Waals surface area (Å²) in [5.74, 6) is -0.567. The first-order valence-corrected chi connectivity index (χ1v) is 9.80. The summed E-state index contributed by atoms with van der Waals surface area (Å²) < 4.78 is 0. The van der Waals surface area contributed by atoms with E-state index in [4.69, 9.17) is 5.73 Å². The number of carbonyl (C=O) groups is 1. The van der Waals surface area contributed by atoms with Crippen molar-refractivity contribution in [3.63, 3.8) is 0 Å². The van der Waals surface area contributed by atoms with Gasteiger partial charge < -0.3 is 15.8 Å².